The third-order valence-corrected chi connectivity index (χ3v) is 5.39. The maximum atomic E-state index is 12.2. The molecule has 0 saturated carbocycles. The zero-order chi connectivity index (χ0) is 26.9. The van der Waals surface area contributed by atoms with Gasteiger partial charge in [-0.2, -0.15) is 0 Å². The smallest absolute Gasteiger partial charge is 0.347 e. The summed E-state index contributed by atoms with van der Waals surface area (Å²) < 4.78 is 22.2. The second kappa shape index (κ2) is 12.3. The average molecular weight is 515 g/mol. The lowest BCUT2D eigenvalue weighted by molar-refractivity contribution is 0.0721. The number of hydrogen-bond acceptors (Lipinski definition) is 8. The van der Waals surface area contributed by atoms with Crippen molar-refractivity contribution < 1.29 is 38.7 Å². The van der Waals surface area contributed by atoms with Gasteiger partial charge in [-0.25, -0.2) is 9.59 Å². The maximum Gasteiger partial charge on any atom is 0.347 e. The number of esters is 2. The standard InChI is InChI=1S/C30H26O8/c1-20(18-35-21-10-14-23(15-11-21)37-29(33)25-6-2-4-8-27(25)31)19-36-22-12-16-24(17-13-22)38-30(34)26-7-3-5-9-28(26)32/h2-17,20,31-32H,18-19H2,1H3. The molecule has 0 fully saturated rings. The zero-order valence-corrected chi connectivity index (χ0v) is 20.6. The summed E-state index contributed by atoms with van der Waals surface area (Å²) in [6.07, 6.45) is 0. The van der Waals surface area contributed by atoms with Crippen molar-refractivity contribution in [1.82, 2.24) is 0 Å². The van der Waals surface area contributed by atoms with E-state index in [1.807, 2.05) is 6.92 Å². The Bertz CT molecular complexity index is 1270. The molecule has 8 heteroatoms. The highest BCUT2D eigenvalue weighted by molar-refractivity contribution is 5.94. The highest BCUT2D eigenvalue weighted by atomic mass is 16.5. The Kier molecular flexibility index (Phi) is 8.46. The molecule has 0 aliphatic heterocycles. The van der Waals surface area contributed by atoms with Crippen molar-refractivity contribution in [2.45, 2.75) is 6.92 Å². The molecule has 0 atom stereocenters. The monoisotopic (exact) mass is 514 g/mol. The molecule has 0 unspecified atom stereocenters. The summed E-state index contributed by atoms with van der Waals surface area (Å²) in [6, 6.07) is 25.6. The summed E-state index contributed by atoms with van der Waals surface area (Å²) in [5, 5.41) is 19.6. The highest BCUT2D eigenvalue weighted by Crippen LogP contribution is 2.24. The predicted octanol–water partition coefficient (Wildman–Crippen LogP) is 5.63. The van der Waals surface area contributed by atoms with Gasteiger partial charge in [0.1, 0.15) is 45.6 Å². The molecule has 0 saturated heterocycles. The maximum absolute atomic E-state index is 12.2. The van der Waals surface area contributed by atoms with Gasteiger partial charge in [0, 0.05) is 5.92 Å². The second-order valence-electron chi connectivity index (χ2n) is 8.48. The van der Waals surface area contributed by atoms with E-state index in [9.17, 15) is 19.8 Å². The first-order valence-electron chi connectivity index (χ1n) is 11.8. The molecule has 38 heavy (non-hydrogen) atoms. The van der Waals surface area contributed by atoms with E-state index in [0.29, 0.717) is 36.2 Å². The molecule has 0 heterocycles. The van der Waals surface area contributed by atoms with Gasteiger partial charge in [-0.05, 0) is 72.8 Å². The van der Waals surface area contributed by atoms with Crippen LogP contribution >= 0.6 is 0 Å². The number of benzene rings is 4. The lowest BCUT2D eigenvalue weighted by Crippen LogP contribution is -2.16. The Morgan fingerprint density at radius 2 is 0.921 bits per heavy atom. The van der Waals surface area contributed by atoms with Gasteiger partial charge in [-0.3, -0.25) is 0 Å². The van der Waals surface area contributed by atoms with Gasteiger partial charge >= 0.3 is 11.9 Å². The minimum Gasteiger partial charge on any atom is -0.507 e. The molecule has 0 aliphatic carbocycles. The van der Waals surface area contributed by atoms with Gasteiger partial charge in [0.05, 0.1) is 13.2 Å². The van der Waals surface area contributed by atoms with Crippen LogP contribution in [0.2, 0.25) is 0 Å². The Morgan fingerprint density at radius 3 is 1.29 bits per heavy atom. The fraction of sp³-hybridized carbons (Fsp3) is 0.133. The Balaban J connectivity index is 1.20. The van der Waals surface area contributed by atoms with Crippen LogP contribution in [0.15, 0.2) is 97.1 Å². The third-order valence-electron chi connectivity index (χ3n) is 5.39. The zero-order valence-electron chi connectivity index (χ0n) is 20.6. The van der Waals surface area contributed by atoms with Gasteiger partial charge in [-0.15, -0.1) is 0 Å². The van der Waals surface area contributed by atoms with Crippen LogP contribution in [0.5, 0.6) is 34.5 Å². The van der Waals surface area contributed by atoms with Crippen molar-refractivity contribution >= 4 is 11.9 Å². The number of carbonyl (C=O) groups excluding carboxylic acids is 2. The van der Waals surface area contributed by atoms with Crippen molar-refractivity contribution in [1.29, 1.82) is 0 Å². The summed E-state index contributed by atoms with van der Waals surface area (Å²) in [4.78, 5) is 24.4. The van der Waals surface area contributed by atoms with Crippen LogP contribution in [0.1, 0.15) is 27.6 Å². The molecule has 4 aromatic carbocycles. The normalized spacial score (nSPS) is 10.6. The largest absolute Gasteiger partial charge is 0.507 e. The van der Waals surface area contributed by atoms with E-state index >= 15 is 0 Å². The molecular formula is C30H26O8. The Labute approximate surface area is 219 Å². The molecule has 0 aliphatic rings. The minimum atomic E-state index is -0.649. The van der Waals surface area contributed by atoms with Gasteiger partial charge in [0.15, 0.2) is 0 Å². The van der Waals surface area contributed by atoms with Crippen LogP contribution in [-0.4, -0.2) is 35.4 Å². The first-order chi connectivity index (χ1) is 18.4. The van der Waals surface area contributed by atoms with Gasteiger partial charge < -0.3 is 29.2 Å². The first-order valence-corrected chi connectivity index (χ1v) is 11.8. The quantitative estimate of drug-likeness (QED) is 0.207. The van der Waals surface area contributed by atoms with E-state index in [1.54, 1.807) is 72.8 Å². The van der Waals surface area contributed by atoms with Crippen LogP contribution < -0.4 is 18.9 Å². The molecule has 4 aromatic rings. The minimum absolute atomic E-state index is 0.0621. The fourth-order valence-corrected chi connectivity index (χ4v) is 3.35. The van der Waals surface area contributed by atoms with Crippen LogP contribution in [-0.2, 0) is 0 Å². The number of carbonyl (C=O) groups is 2. The van der Waals surface area contributed by atoms with Gasteiger partial charge in [0.2, 0.25) is 0 Å². The van der Waals surface area contributed by atoms with Crippen molar-refractivity contribution in [3.63, 3.8) is 0 Å². The Hall–Kier alpha value is -4.98. The summed E-state index contributed by atoms with van der Waals surface area (Å²) in [6.45, 7) is 2.77. The van der Waals surface area contributed by atoms with Gasteiger partial charge in [0.25, 0.3) is 0 Å². The number of para-hydroxylation sites is 2. The molecule has 8 nitrogen and oxygen atoms in total. The average Bonchev–Trinajstić information content (AvgIpc) is 2.92. The van der Waals surface area contributed by atoms with E-state index in [1.165, 1.54) is 24.3 Å². The predicted molar refractivity (Wildman–Crippen MR) is 139 cm³/mol. The summed E-state index contributed by atoms with van der Waals surface area (Å²) in [7, 11) is 0. The number of rotatable bonds is 10. The molecule has 0 radical (unpaired) electrons. The summed E-state index contributed by atoms with van der Waals surface area (Å²) in [5.41, 5.74) is 0.176. The van der Waals surface area contributed by atoms with Gasteiger partial charge in [-0.1, -0.05) is 31.2 Å². The first kappa shape index (κ1) is 26.1. The van der Waals surface area contributed by atoms with Crippen LogP contribution in [0.4, 0.5) is 0 Å². The number of phenolic OH excluding ortho intramolecular Hbond substituents is 2. The number of aromatic hydroxyl groups is 2. The van der Waals surface area contributed by atoms with Crippen molar-refractivity contribution in [3.8, 4) is 34.5 Å². The topological polar surface area (TPSA) is 112 Å². The lowest BCUT2D eigenvalue weighted by atomic mass is 10.2. The molecule has 2 N–H and O–H groups in total. The molecule has 0 spiro atoms. The molecule has 4 rings (SSSR count). The third kappa shape index (κ3) is 7.04. The van der Waals surface area contributed by atoms with Crippen molar-refractivity contribution in [3.05, 3.63) is 108 Å². The molecule has 194 valence electrons. The van der Waals surface area contributed by atoms with E-state index in [0.717, 1.165) is 0 Å². The number of phenols is 2. The van der Waals surface area contributed by atoms with E-state index < -0.39 is 11.9 Å². The molecule has 0 amide bonds. The van der Waals surface area contributed by atoms with E-state index in [2.05, 4.69) is 0 Å². The molecule has 0 bridgehead atoms. The highest BCUT2D eigenvalue weighted by Gasteiger charge is 2.14. The molecule has 0 aromatic heterocycles. The van der Waals surface area contributed by atoms with Crippen molar-refractivity contribution in [2.75, 3.05) is 13.2 Å². The van der Waals surface area contributed by atoms with Crippen molar-refractivity contribution in [2.24, 2.45) is 5.92 Å². The van der Waals surface area contributed by atoms with Crippen LogP contribution in [0, 0.1) is 5.92 Å². The van der Waals surface area contributed by atoms with Crippen LogP contribution in [0.3, 0.4) is 0 Å². The second-order valence-corrected chi connectivity index (χ2v) is 8.48. The van der Waals surface area contributed by atoms with E-state index in [4.69, 9.17) is 18.9 Å². The number of ether oxygens (including phenoxy) is 4. The fourth-order valence-electron chi connectivity index (χ4n) is 3.35. The summed E-state index contributed by atoms with van der Waals surface area (Å²) >= 11 is 0. The van der Waals surface area contributed by atoms with E-state index in [-0.39, 0.29) is 28.5 Å². The number of hydrogen-bond donors (Lipinski definition) is 2. The summed E-state index contributed by atoms with van der Waals surface area (Å²) in [5.74, 6) is 0.355. The van der Waals surface area contributed by atoms with Crippen LogP contribution in [0.25, 0.3) is 0 Å². The SMILES string of the molecule is CC(COc1ccc(OC(=O)c2ccccc2O)cc1)COc1ccc(OC(=O)c2ccccc2O)cc1. The Morgan fingerprint density at radius 1 is 0.579 bits per heavy atom. The molecular weight excluding hydrogens is 488 g/mol. The lowest BCUT2D eigenvalue weighted by Gasteiger charge is -2.15.